The third kappa shape index (κ3) is 2.49. The molecule has 0 bridgehead atoms. The molecule has 4 rings (SSSR count). The Morgan fingerprint density at radius 2 is 2.17 bits per heavy atom. The first-order valence-corrected chi connectivity index (χ1v) is 7.99. The Hall–Kier alpha value is -2.67. The van der Waals surface area contributed by atoms with Crippen LogP contribution < -0.4 is 5.32 Å². The van der Waals surface area contributed by atoms with Crippen molar-refractivity contribution < 1.29 is 4.79 Å². The number of carbonyl (C=O) groups is 1. The molecule has 0 saturated heterocycles. The first kappa shape index (κ1) is 14.0. The molecule has 0 aliphatic heterocycles. The Balaban J connectivity index is 1.61. The quantitative estimate of drug-likeness (QED) is 0.866. The molecule has 0 radical (unpaired) electrons. The standard InChI is InChI=1S/C19H17N3O/c1-2-12-6-7-13-8-9-17(14(13)10-12)22-19-20-11-15-16(21-19)4-3-5-18(15)23/h1,6-7,10-11,17H,3-5,8-9H2,(H,20,21,22)/t17-/m1/s1. The Bertz CT molecular complexity index is 835. The lowest BCUT2D eigenvalue weighted by Crippen LogP contribution is -2.16. The van der Waals surface area contributed by atoms with E-state index in [0.29, 0.717) is 17.9 Å². The molecule has 2 aromatic rings. The molecule has 1 N–H and O–H groups in total. The number of terminal acetylenes is 1. The Labute approximate surface area is 135 Å². The van der Waals surface area contributed by atoms with Crippen LogP contribution in [0, 0.1) is 12.3 Å². The van der Waals surface area contributed by atoms with Crippen molar-refractivity contribution in [1.82, 2.24) is 9.97 Å². The van der Waals surface area contributed by atoms with Gasteiger partial charge in [0.05, 0.1) is 17.3 Å². The van der Waals surface area contributed by atoms with E-state index in [4.69, 9.17) is 6.42 Å². The molecule has 1 aromatic carbocycles. The maximum Gasteiger partial charge on any atom is 0.223 e. The van der Waals surface area contributed by atoms with Gasteiger partial charge in [0.2, 0.25) is 5.95 Å². The summed E-state index contributed by atoms with van der Waals surface area (Å²) < 4.78 is 0. The molecule has 2 aliphatic rings. The van der Waals surface area contributed by atoms with Crippen molar-refractivity contribution in [3.8, 4) is 12.3 Å². The van der Waals surface area contributed by atoms with Crippen LogP contribution in [0.2, 0.25) is 0 Å². The Morgan fingerprint density at radius 3 is 3.04 bits per heavy atom. The third-order valence-electron chi connectivity index (χ3n) is 4.68. The lowest BCUT2D eigenvalue weighted by Gasteiger charge is -2.17. The summed E-state index contributed by atoms with van der Waals surface area (Å²) in [6, 6.07) is 6.35. The smallest absolute Gasteiger partial charge is 0.223 e. The SMILES string of the molecule is C#Cc1ccc2c(c1)[C@H](Nc1ncc3c(n1)CCCC3=O)CC2. The van der Waals surface area contributed by atoms with Crippen LogP contribution in [0.4, 0.5) is 5.95 Å². The van der Waals surface area contributed by atoms with Crippen LogP contribution in [0.25, 0.3) is 0 Å². The lowest BCUT2D eigenvalue weighted by molar-refractivity contribution is 0.0971. The van der Waals surface area contributed by atoms with Crippen molar-refractivity contribution >= 4 is 11.7 Å². The summed E-state index contributed by atoms with van der Waals surface area (Å²) in [5.41, 5.74) is 5.01. The molecule has 0 unspecified atom stereocenters. The monoisotopic (exact) mass is 303 g/mol. The molecule has 0 spiro atoms. The molecular weight excluding hydrogens is 286 g/mol. The largest absolute Gasteiger partial charge is 0.347 e. The van der Waals surface area contributed by atoms with Gasteiger partial charge in [0.25, 0.3) is 0 Å². The van der Waals surface area contributed by atoms with Crippen LogP contribution in [0.5, 0.6) is 0 Å². The highest BCUT2D eigenvalue weighted by Crippen LogP contribution is 2.34. The fraction of sp³-hybridized carbons (Fsp3) is 0.316. The second-order valence-electron chi connectivity index (χ2n) is 6.12. The summed E-state index contributed by atoms with van der Waals surface area (Å²) in [6.07, 6.45) is 11.5. The number of aryl methyl sites for hydroxylation is 2. The zero-order valence-electron chi connectivity index (χ0n) is 12.8. The first-order valence-electron chi connectivity index (χ1n) is 7.99. The summed E-state index contributed by atoms with van der Waals surface area (Å²) in [6.45, 7) is 0. The van der Waals surface area contributed by atoms with Gasteiger partial charge in [0.1, 0.15) is 0 Å². The van der Waals surface area contributed by atoms with Gasteiger partial charge in [0, 0.05) is 18.2 Å². The topological polar surface area (TPSA) is 54.9 Å². The molecule has 4 heteroatoms. The molecule has 23 heavy (non-hydrogen) atoms. The van der Waals surface area contributed by atoms with Crippen molar-refractivity contribution in [2.24, 2.45) is 0 Å². The zero-order chi connectivity index (χ0) is 15.8. The minimum Gasteiger partial charge on any atom is -0.347 e. The number of aromatic nitrogens is 2. The van der Waals surface area contributed by atoms with E-state index in [1.165, 1.54) is 11.1 Å². The number of anilines is 1. The highest BCUT2D eigenvalue weighted by atomic mass is 16.1. The van der Waals surface area contributed by atoms with Crippen molar-refractivity contribution in [2.45, 2.75) is 38.1 Å². The van der Waals surface area contributed by atoms with Crippen molar-refractivity contribution in [1.29, 1.82) is 0 Å². The van der Waals surface area contributed by atoms with E-state index < -0.39 is 0 Å². The molecule has 0 saturated carbocycles. The molecule has 114 valence electrons. The molecule has 2 aliphatic carbocycles. The van der Waals surface area contributed by atoms with Crippen LogP contribution in [-0.2, 0) is 12.8 Å². The van der Waals surface area contributed by atoms with Gasteiger partial charge in [-0.15, -0.1) is 6.42 Å². The second-order valence-corrected chi connectivity index (χ2v) is 6.12. The molecule has 1 atom stereocenters. The number of fused-ring (bicyclic) bond motifs is 2. The van der Waals surface area contributed by atoms with Crippen LogP contribution in [0.15, 0.2) is 24.4 Å². The zero-order valence-corrected chi connectivity index (χ0v) is 12.8. The van der Waals surface area contributed by atoms with Crippen LogP contribution in [0.1, 0.15) is 58.0 Å². The van der Waals surface area contributed by atoms with E-state index >= 15 is 0 Å². The van der Waals surface area contributed by atoms with E-state index in [1.807, 2.05) is 6.07 Å². The maximum atomic E-state index is 11.9. The Kier molecular flexibility index (Phi) is 3.34. The van der Waals surface area contributed by atoms with Crippen LogP contribution in [-0.4, -0.2) is 15.8 Å². The predicted octanol–water partition coefficient (Wildman–Crippen LogP) is 3.08. The first-order chi connectivity index (χ1) is 11.2. The van der Waals surface area contributed by atoms with Gasteiger partial charge in [-0.2, -0.15) is 0 Å². The highest BCUT2D eigenvalue weighted by molar-refractivity contribution is 5.97. The fourth-order valence-corrected chi connectivity index (χ4v) is 3.46. The molecule has 1 aromatic heterocycles. The number of Topliss-reactive ketones (excluding diaryl/α,β-unsaturated/α-hetero) is 1. The van der Waals surface area contributed by atoms with Gasteiger partial charge < -0.3 is 5.32 Å². The number of hydrogen-bond donors (Lipinski definition) is 1. The molecule has 4 nitrogen and oxygen atoms in total. The molecular formula is C19H17N3O. The Morgan fingerprint density at radius 1 is 1.26 bits per heavy atom. The normalized spacial score (nSPS) is 18.9. The predicted molar refractivity (Wildman–Crippen MR) is 88.4 cm³/mol. The second kappa shape index (κ2) is 5.51. The minimum atomic E-state index is 0.155. The van der Waals surface area contributed by atoms with E-state index in [2.05, 4.69) is 33.3 Å². The summed E-state index contributed by atoms with van der Waals surface area (Å²) >= 11 is 0. The van der Waals surface area contributed by atoms with E-state index in [0.717, 1.165) is 36.9 Å². The van der Waals surface area contributed by atoms with Crippen molar-refractivity contribution in [3.63, 3.8) is 0 Å². The summed E-state index contributed by atoms with van der Waals surface area (Å²) in [7, 11) is 0. The number of benzene rings is 1. The number of hydrogen-bond acceptors (Lipinski definition) is 4. The number of nitrogens with one attached hydrogen (secondary N) is 1. The van der Waals surface area contributed by atoms with Gasteiger partial charge in [-0.25, -0.2) is 9.97 Å². The van der Waals surface area contributed by atoms with Crippen molar-refractivity contribution in [2.75, 3.05) is 5.32 Å². The van der Waals surface area contributed by atoms with E-state index in [1.54, 1.807) is 6.20 Å². The number of rotatable bonds is 2. The van der Waals surface area contributed by atoms with E-state index in [-0.39, 0.29) is 11.8 Å². The van der Waals surface area contributed by atoms with Gasteiger partial charge in [-0.05, 0) is 48.9 Å². The summed E-state index contributed by atoms with van der Waals surface area (Å²) in [5, 5.41) is 3.41. The summed E-state index contributed by atoms with van der Waals surface area (Å²) in [4.78, 5) is 20.8. The molecule has 0 fully saturated rings. The number of carbonyl (C=O) groups excluding carboxylic acids is 1. The number of ketones is 1. The highest BCUT2D eigenvalue weighted by Gasteiger charge is 2.24. The van der Waals surface area contributed by atoms with Gasteiger partial charge in [-0.3, -0.25) is 4.79 Å². The van der Waals surface area contributed by atoms with Gasteiger partial charge >= 0.3 is 0 Å². The van der Waals surface area contributed by atoms with E-state index in [9.17, 15) is 4.79 Å². The molecule has 1 heterocycles. The summed E-state index contributed by atoms with van der Waals surface area (Å²) in [5.74, 6) is 3.45. The average Bonchev–Trinajstić information content (AvgIpc) is 2.97. The van der Waals surface area contributed by atoms with Gasteiger partial charge in [0.15, 0.2) is 5.78 Å². The van der Waals surface area contributed by atoms with Crippen molar-refractivity contribution in [3.05, 3.63) is 52.3 Å². The minimum absolute atomic E-state index is 0.155. The fourth-order valence-electron chi connectivity index (χ4n) is 3.46. The lowest BCUT2D eigenvalue weighted by atomic mass is 9.96. The molecule has 0 amide bonds. The van der Waals surface area contributed by atoms with Crippen LogP contribution >= 0.6 is 0 Å². The van der Waals surface area contributed by atoms with Gasteiger partial charge in [-0.1, -0.05) is 12.0 Å². The maximum absolute atomic E-state index is 11.9. The average molecular weight is 303 g/mol. The number of nitrogens with zero attached hydrogens (tertiary/aromatic N) is 2. The van der Waals surface area contributed by atoms with Crippen LogP contribution in [0.3, 0.4) is 0 Å². The third-order valence-corrected chi connectivity index (χ3v) is 4.68.